The van der Waals surface area contributed by atoms with Gasteiger partial charge in [-0.3, -0.25) is 9.59 Å². The van der Waals surface area contributed by atoms with Gasteiger partial charge in [0.1, 0.15) is 0 Å². The summed E-state index contributed by atoms with van der Waals surface area (Å²) in [6.07, 6.45) is 0. The molecule has 2 N–H and O–H groups in total. The number of rotatable bonds is 6. The van der Waals surface area contributed by atoms with Crippen LogP contribution >= 0.6 is 0 Å². The third-order valence-electron chi connectivity index (χ3n) is 3.64. The van der Waals surface area contributed by atoms with E-state index >= 15 is 0 Å². The molecule has 0 atom stereocenters. The summed E-state index contributed by atoms with van der Waals surface area (Å²) in [5.74, 6) is -1.31. The first-order valence-electron chi connectivity index (χ1n) is 7.87. The molecule has 0 aliphatic heterocycles. The maximum Gasteiger partial charge on any atom is 0.312 e. The number of aliphatic hydroxyl groups is 1. The first kappa shape index (κ1) is 17.7. The highest BCUT2D eigenvalue weighted by molar-refractivity contribution is 6.34. The number of aryl methyl sites for hydroxylation is 1. The predicted molar refractivity (Wildman–Crippen MR) is 92.0 cm³/mol. The van der Waals surface area contributed by atoms with E-state index in [2.05, 4.69) is 5.32 Å². The van der Waals surface area contributed by atoms with Crippen LogP contribution in [0.3, 0.4) is 0 Å². The zero-order chi connectivity index (χ0) is 17.4. The monoisotopic (exact) mass is 326 g/mol. The molecule has 2 rings (SSSR count). The molecule has 0 aliphatic rings. The van der Waals surface area contributed by atoms with Gasteiger partial charge in [-0.25, -0.2) is 0 Å². The van der Waals surface area contributed by atoms with Crippen LogP contribution in [-0.2, 0) is 22.7 Å². The van der Waals surface area contributed by atoms with E-state index in [9.17, 15) is 9.59 Å². The Labute approximate surface area is 141 Å². The largest absolute Gasteiger partial charge is 0.395 e. The lowest BCUT2D eigenvalue weighted by Gasteiger charge is -2.21. The summed E-state index contributed by atoms with van der Waals surface area (Å²) in [7, 11) is 0. The second-order valence-electron chi connectivity index (χ2n) is 5.60. The third kappa shape index (κ3) is 5.21. The SMILES string of the molecule is Cc1ccc(CNC(=O)C(=O)N(CCO)Cc2ccccc2)cc1. The molecule has 0 fully saturated rings. The molecule has 0 saturated heterocycles. The molecule has 126 valence electrons. The van der Waals surface area contributed by atoms with Crippen LogP contribution < -0.4 is 5.32 Å². The van der Waals surface area contributed by atoms with Gasteiger partial charge in [-0.15, -0.1) is 0 Å². The number of aliphatic hydroxyl groups excluding tert-OH is 1. The lowest BCUT2D eigenvalue weighted by molar-refractivity contribution is -0.146. The zero-order valence-electron chi connectivity index (χ0n) is 13.7. The Kier molecular flexibility index (Phi) is 6.51. The van der Waals surface area contributed by atoms with E-state index in [-0.39, 0.29) is 19.7 Å². The molecule has 2 aromatic carbocycles. The molecule has 0 spiro atoms. The van der Waals surface area contributed by atoms with Crippen molar-refractivity contribution in [3.63, 3.8) is 0 Å². The van der Waals surface area contributed by atoms with Crippen LogP contribution in [0.15, 0.2) is 54.6 Å². The quantitative estimate of drug-likeness (QED) is 0.793. The highest BCUT2D eigenvalue weighted by Crippen LogP contribution is 2.06. The minimum atomic E-state index is -0.667. The van der Waals surface area contributed by atoms with E-state index < -0.39 is 11.8 Å². The normalized spacial score (nSPS) is 10.2. The van der Waals surface area contributed by atoms with Gasteiger partial charge in [-0.05, 0) is 18.1 Å². The molecular formula is C19H22N2O3. The van der Waals surface area contributed by atoms with E-state index in [1.165, 1.54) is 4.90 Å². The molecule has 0 heterocycles. The van der Waals surface area contributed by atoms with Gasteiger partial charge in [0.2, 0.25) is 0 Å². The lowest BCUT2D eigenvalue weighted by Crippen LogP contribution is -2.43. The van der Waals surface area contributed by atoms with Gasteiger partial charge < -0.3 is 15.3 Å². The van der Waals surface area contributed by atoms with Crippen molar-refractivity contribution in [1.82, 2.24) is 10.2 Å². The van der Waals surface area contributed by atoms with Crippen LogP contribution in [0.5, 0.6) is 0 Å². The van der Waals surface area contributed by atoms with Crippen molar-refractivity contribution in [1.29, 1.82) is 0 Å². The van der Waals surface area contributed by atoms with Crippen molar-refractivity contribution in [2.45, 2.75) is 20.0 Å². The number of amides is 2. The number of carbonyl (C=O) groups excluding carboxylic acids is 2. The molecule has 0 saturated carbocycles. The van der Waals surface area contributed by atoms with E-state index in [1.807, 2.05) is 61.5 Å². The van der Waals surface area contributed by atoms with Gasteiger partial charge in [-0.2, -0.15) is 0 Å². The summed E-state index contributed by atoms with van der Waals surface area (Å²) in [5, 5.41) is 11.8. The first-order chi connectivity index (χ1) is 11.6. The Morgan fingerprint density at radius 2 is 1.67 bits per heavy atom. The van der Waals surface area contributed by atoms with Crippen molar-refractivity contribution >= 4 is 11.8 Å². The molecule has 2 amide bonds. The maximum atomic E-state index is 12.3. The highest BCUT2D eigenvalue weighted by atomic mass is 16.3. The summed E-state index contributed by atoms with van der Waals surface area (Å²) < 4.78 is 0. The average molecular weight is 326 g/mol. The summed E-state index contributed by atoms with van der Waals surface area (Å²) >= 11 is 0. The molecule has 0 aromatic heterocycles. The maximum absolute atomic E-state index is 12.3. The van der Waals surface area contributed by atoms with Crippen molar-refractivity contribution in [3.8, 4) is 0 Å². The second-order valence-corrected chi connectivity index (χ2v) is 5.60. The molecule has 2 aromatic rings. The van der Waals surface area contributed by atoms with Crippen LogP contribution in [0, 0.1) is 6.92 Å². The number of carbonyl (C=O) groups is 2. The van der Waals surface area contributed by atoms with Crippen molar-refractivity contribution in [3.05, 3.63) is 71.3 Å². The fraction of sp³-hybridized carbons (Fsp3) is 0.263. The van der Waals surface area contributed by atoms with Gasteiger partial charge in [-0.1, -0.05) is 60.2 Å². The minimum absolute atomic E-state index is 0.117. The van der Waals surface area contributed by atoms with Gasteiger partial charge in [0.25, 0.3) is 0 Å². The molecule has 0 radical (unpaired) electrons. The third-order valence-corrected chi connectivity index (χ3v) is 3.64. The summed E-state index contributed by atoms with van der Waals surface area (Å²) in [4.78, 5) is 25.8. The van der Waals surface area contributed by atoms with Crippen molar-refractivity contribution < 1.29 is 14.7 Å². The molecule has 0 unspecified atom stereocenters. The molecule has 0 aliphatic carbocycles. The molecule has 24 heavy (non-hydrogen) atoms. The standard InChI is InChI=1S/C19H22N2O3/c1-15-7-9-16(10-8-15)13-20-18(23)19(24)21(11-12-22)14-17-5-3-2-4-6-17/h2-10,22H,11-14H2,1H3,(H,20,23). The second kappa shape index (κ2) is 8.84. The van der Waals surface area contributed by atoms with Crippen LogP contribution in [-0.4, -0.2) is 35.0 Å². The van der Waals surface area contributed by atoms with Crippen LogP contribution in [0.1, 0.15) is 16.7 Å². The highest BCUT2D eigenvalue weighted by Gasteiger charge is 2.21. The Hall–Kier alpha value is -2.66. The van der Waals surface area contributed by atoms with Gasteiger partial charge >= 0.3 is 11.8 Å². The summed E-state index contributed by atoms with van der Waals surface area (Å²) in [5.41, 5.74) is 2.97. The van der Waals surface area contributed by atoms with E-state index in [0.717, 1.165) is 16.7 Å². The Morgan fingerprint density at radius 1 is 1.00 bits per heavy atom. The summed E-state index contributed by atoms with van der Waals surface area (Å²) in [6.45, 7) is 2.50. The predicted octanol–water partition coefficient (Wildman–Crippen LogP) is 1.63. The fourth-order valence-corrected chi connectivity index (χ4v) is 2.28. The van der Waals surface area contributed by atoms with Crippen LogP contribution in [0.2, 0.25) is 0 Å². The Bertz CT molecular complexity index is 669. The lowest BCUT2D eigenvalue weighted by atomic mass is 10.1. The number of nitrogens with one attached hydrogen (secondary N) is 1. The first-order valence-corrected chi connectivity index (χ1v) is 7.87. The zero-order valence-corrected chi connectivity index (χ0v) is 13.7. The van der Waals surface area contributed by atoms with Gasteiger partial charge in [0.15, 0.2) is 0 Å². The van der Waals surface area contributed by atoms with Gasteiger partial charge in [0, 0.05) is 19.6 Å². The van der Waals surface area contributed by atoms with E-state index in [1.54, 1.807) is 0 Å². The Balaban J connectivity index is 1.95. The van der Waals surface area contributed by atoms with Crippen molar-refractivity contribution in [2.24, 2.45) is 0 Å². The number of nitrogens with zero attached hydrogens (tertiary/aromatic N) is 1. The van der Waals surface area contributed by atoms with Crippen molar-refractivity contribution in [2.75, 3.05) is 13.2 Å². The topological polar surface area (TPSA) is 69.6 Å². The van der Waals surface area contributed by atoms with Crippen LogP contribution in [0.25, 0.3) is 0 Å². The Morgan fingerprint density at radius 3 is 2.29 bits per heavy atom. The van der Waals surface area contributed by atoms with E-state index in [0.29, 0.717) is 6.54 Å². The van der Waals surface area contributed by atoms with E-state index in [4.69, 9.17) is 5.11 Å². The molecule has 0 bridgehead atoms. The number of hydrogen-bond acceptors (Lipinski definition) is 3. The molecule has 5 heteroatoms. The smallest absolute Gasteiger partial charge is 0.312 e. The number of hydrogen-bond donors (Lipinski definition) is 2. The summed E-state index contributed by atoms with van der Waals surface area (Å²) in [6, 6.07) is 17.1. The average Bonchev–Trinajstić information content (AvgIpc) is 2.61. The number of benzene rings is 2. The minimum Gasteiger partial charge on any atom is -0.395 e. The molecular weight excluding hydrogens is 304 g/mol. The van der Waals surface area contributed by atoms with Gasteiger partial charge in [0.05, 0.1) is 6.61 Å². The molecule has 5 nitrogen and oxygen atoms in total. The fourth-order valence-electron chi connectivity index (χ4n) is 2.28. The van der Waals surface area contributed by atoms with Crippen LogP contribution in [0.4, 0.5) is 0 Å².